The van der Waals surface area contributed by atoms with E-state index in [0.717, 1.165) is 31.7 Å². The summed E-state index contributed by atoms with van der Waals surface area (Å²) in [6, 6.07) is 8.62. The van der Waals surface area contributed by atoms with Crippen molar-refractivity contribution in [3.05, 3.63) is 29.8 Å². The number of likely N-dealkylation sites (tertiary alicyclic amines) is 1. The third-order valence-electron chi connectivity index (χ3n) is 3.86. The maximum absolute atomic E-state index is 9.30. The van der Waals surface area contributed by atoms with E-state index in [4.69, 9.17) is 4.74 Å². The highest BCUT2D eigenvalue weighted by molar-refractivity contribution is 5.37. The molecule has 0 saturated carbocycles. The molecular formula is C14H19NO2. The lowest BCUT2D eigenvalue weighted by Gasteiger charge is -2.25. The van der Waals surface area contributed by atoms with Gasteiger partial charge in [-0.05, 0) is 31.0 Å². The molecule has 2 heterocycles. The highest BCUT2D eigenvalue weighted by Gasteiger charge is 2.29. The van der Waals surface area contributed by atoms with Gasteiger partial charge in [-0.15, -0.1) is 0 Å². The summed E-state index contributed by atoms with van der Waals surface area (Å²) in [5.74, 6) is 1.04. The fourth-order valence-electron chi connectivity index (χ4n) is 2.96. The van der Waals surface area contributed by atoms with Gasteiger partial charge in [0.15, 0.2) is 0 Å². The molecule has 2 aliphatic rings. The summed E-state index contributed by atoms with van der Waals surface area (Å²) in [5.41, 5.74) is 1.32. The first kappa shape index (κ1) is 11.1. The number of hydrogen-bond acceptors (Lipinski definition) is 3. The zero-order chi connectivity index (χ0) is 11.7. The second-order valence-corrected chi connectivity index (χ2v) is 5.03. The van der Waals surface area contributed by atoms with E-state index in [1.54, 1.807) is 0 Å². The Morgan fingerprint density at radius 1 is 1.35 bits per heavy atom. The predicted molar refractivity (Wildman–Crippen MR) is 66.2 cm³/mol. The molecule has 2 atom stereocenters. The van der Waals surface area contributed by atoms with Crippen LogP contribution in [0.3, 0.4) is 0 Å². The highest BCUT2D eigenvalue weighted by atomic mass is 16.5. The summed E-state index contributed by atoms with van der Waals surface area (Å²) in [5, 5.41) is 9.30. The number of hydrogen-bond donors (Lipinski definition) is 1. The van der Waals surface area contributed by atoms with Crippen LogP contribution < -0.4 is 4.74 Å². The zero-order valence-corrected chi connectivity index (χ0v) is 10.0. The third-order valence-corrected chi connectivity index (χ3v) is 3.86. The number of ether oxygens (including phenoxy) is 1. The van der Waals surface area contributed by atoms with E-state index < -0.39 is 0 Å². The number of aliphatic hydroxyl groups is 1. The van der Waals surface area contributed by atoms with Crippen LogP contribution in [0.2, 0.25) is 0 Å². The number of benzene rings is 1. The molecule has 17 heavy (non-hydrogen) atoms. The van der Waals surface area contributed by atoms with Crippen molar-refractivity contribution in [3.63, 3.8) is 0 Å². The summed E-state index contributed by atoms with van der Waals surface area (Å²) in [6.07, 6.45) is 3.59. The molecule has 1 fully saturated rings. The van der Waals surface area contributed by atoms with Crippen LogP contribution in [0.15, 0.2) is 24.3 Å². The van der Waals surface area contributed by atoms with Crippen molar-refractivity contribution in [2.24, 2.45) is 0 Å². The van der Waals surface area contributed by atoms with Gasteiger partial charge < -0.3 is 9.84 Å². The van der Waals surface area contributed by atoms with E-state index in [1.807, 2.05) is 12.1 Å². The van der Waals surface area contributed by atoms with E-state index in [0.29, 0.717) is 6.04 Å². The SMILES string of the molecule is OC[C@H]1CCCN1CC1Cc2ccccc2O1. The van der Waals surface area contributed by atoms with Gasteiger partial charge in [-0.1, -0.05) is 18.2 Å². The zero-order valence-electron chi connectivity index (χ0n) is 10.0. The van der Waals surface area contributed by atoms with Gasteiger partial charge in [-0.3, -0.25) is 4.90 Å². The molecule has 0 spiro atoms. The first-order valence-electron chi connectivity index (χ1n) is 6.46. The van der Waals surface area contributed by atoms with Gasteiger partial charge >= 0.3 is 0 Å². The van der Waals surface area contributed by atoms with E-state index in [1.165, 1.54) is 12.0 Å². The Labute approximate surface area is 102 Å². The van der Waals surface area contributed by atoms with Crippen molar-refractivity contribution in [1.29, 1.82) is 0 Å². The maximum Gasteiger partial charge on any atom is 0.123 e. The normalized spacial score (nSPS) is 28.1. The molecule has 1 aromatic rings. The Morgan fingerprint density at radius 3 is 3.06 bits per heavy atom. The van der Waals surface area contributed by atoms with Gasteiger partial charge in [0.1, 0.15) is 11.9 Å². The van der Waals surface area contributed by atoms with Gasteiger partial charge in [0.25, 0.3) is 0 Å². The molecule has 1 unspecified atom stereocenters. The van der Waals surface area contributed by atoms with Gasteiger partial charge in [-0.25, -0.2) is 0 Å². The number of aliphatic hydroxyl groups excluding tert-OH is 1. The van der Waals surface area contributed by atoms with Crippen molar-refractivity contribution < 1.29 is 9.84 Å². The standard InChI is InChI=1S/C14H19NO2/c16-10-12-5-3-7-15(12)9-13-8-11-4-1-2-6-14(11)17-13/h1-2,4,6,12-13,16H,3,5,7-10H2/t12-,13?/m1/s1. The topological polar surface area (TPSA) is 32.7 Å². The highest BCUT2D eigenvalue weighted by Crippen LogP contribution is 2.29. The summed E-state index contributed by atoms with van der Waals surface area (Å²) < 4.78 is 5.94. The lowest BCUT2D eigenvalue weighted by molar-refractivity contribution is 0.109. The van der Waals surface area contributed by atoms with Crippen LogP contribution in [0.4, 0.5) is 0 Å². The molecule has 3 heteroatoms. The first-order chi connectivity index (χ1) is 8.36. The Hall–Kier alpha value is -1.06. The molecule has 0 amide bonds. The number of fused-ring (bicyclic) bond motifs is 1. The lowest BCUT2D eigenvalue weighted by Crippen LogP contribution is -2.39. The van der Waals surface area contributed by atoms with E-state index in [9.17, 15) is 5.11 Å². The molecule has 0 bridgehead atoms. The summed E-state index contributed by atoms with van der Waals surface area (Å²) in [4.78, 5) is 2.37. The van der Waals surface area contributed by atoms with Crippen LogP contribution in [-0.4, -0.2) is 41.8 Å². The fourth-order valence-corrected chi connectivity index (χ4v) is 2.96. The average Bonchev–Trinajstić information content (AvgIpc) is 2.94. The van der Waals surface area contributed by atoms with Crippen molar-refractivity contribution >= 4 is 0 Å². The van der Waals surface area contributed by atoms with Gasteiger partial charge in [0.2, 0.25) is 0 Å². The van der Waals surface area contributed by atoms with E-state index >= 15 is 0 Å². The van der Waals surface area contributed by atoms with Crippen LogP contribution in [0, 0.1) is 0 Å². The van der Waals surface area contributed by atoms with Crippen LogP contribution in [0.5, 0.6) is 5.75 Å². The minimum atomic E-state index is 0.263. The smallest absolute Gasteiger partial charge is 0.123 e. The molecule has 0 aromatic heterocycles. The molecule has 92 valence electrons. The Morgan fingerprint density at radius 2 is 2.24 bits per heavy atom. The van der Waals surface area contributed by atoms with Crippen molar-refractivity contribution in [2.75, 3.05) is 19.7 Å². The maximum atomic E-state index is 9.30. The Balaban J connectivity index is 1.62. The monoisotopic (exact) mass is 233 g/mol. The average molecular weight is 233 g/mol. The van der Waals surface area contributed by atoms with Crippen LogP contribution >= 0.6 is 0 Å². The molecule has 3 rings (SSSR count). The molecule has 1 aromatic carbocycles. The molecule has 0 aliphatic carbocycles. The van der Waals surface area contributed by atoms with Gasteiger partial charge in [0, 0.05) is 19.0 Å². The summed E-state index contributed by atoms with van der Waals surface area (Å²) in [7, 11) is 0. The Kier molecular flexibility index (Phi) is 3.04. The number of para-hydroxylation sites is 1. The van der Waals surface area contributed by atoms with Gasteiger partial charge in [0.05, 0.1) is 6.61 Å². The molecule has 1 N–H and O–H groups in total. The largest absolute Gasteiger partial charge is 0.488 e. The van der Waals surface area contributed by atoms with Crippen molar-refractivity contribution in [1.82, 2.24) is 4.90 Å². The predicted octanol–water partition coefficient (Wildman–Crippen LogP) is 1.45. The van der Waals surface area contributed by atoms with Crippen LogP contribution in [-0.2, 0) is 6.42 Å². The molecule has 3 nitrogen and oxygen atoms in total. The quantitative estimate of drug-likeness (QED) is 0.857. The summed E-state index contributed by atoms with van der Waals surface area (Å²) >= 11 is 0. The molecular weight excluding hydrogens is 214 g/mol. The second kappa shape index (κ2) is 4.67. The van der Waals surface area contributed by atoms with Gasteiger partial charge in [-0.2, -0.15) is 0 Å². The number of nitrogens with zero attached hydrogens (tertiary/aromatic N) is 1. The number of rotatable bonds is 3. The lowest BCUT2D eigenvalue weighted by atomic mass is 10.1. The van der Waals surface area contributed by atoms with E-state index in [2.05, 4.69) is 17.0 Å². The molecule has 1 saturated heterocycles. The minimum Gasteiger partial charge on any atom is -0.488 e. The Bertz CT molecular complexity index is 369. The minimum absolute atomic E-state index is 0.263. The van der Waals surface area contributed by atoms with Crippen LogP contribution in [0.1, 0.15) is 18.4 Å². The van der Waals surface area contributed by atoms with Crippen LogP contribution in [0.25, 0.3) is 0 Å². The third kappa shape index (κ3) is 2.17. The second-order valence-electron chi connectivity index (χ2n) is 5.03. The molecule has 2 aliphatic heterocycles. The fraction of sp³-hybridized carbons (Fsp3) is 0.571. The van der Waals surface area contributed by atoms with Crippen molar-refractivity contribution in [2.45, 2.75) is 31.4 Å². The summed E-state index contributed by atoms with van der Waals surface area (Å²) in [6.45, 7) is 2.32. The first-order valence-corrected chi connectivity index (χ1v) is 6.46. The van der Waals surface area contributed by atoms with E-state index in [-0.39, 0.29) is 12.7 Å². The van der Waals surface area contributed by atoms with Crippen molar-refractivity contribution in [3.8, 4) is 5.75 Å². The molecule has 0 radical (unpaired) electrons.